The lowest BCUT2D eigenvalue weighted by Gasteiger charge is -2.17. The zero-order chi connectivity index (χ0) is 15.9. The number of ether oxygens (including phenoxy) is 1. The summed E-state index contributed by atoms with van der Waals surface area (Å²) in [6, 6.07) is 13.7. The number of benzene rings is 2. The molecule has 0 aliphatic rings. The third-order valence-corrected chi connectivity index (χ3v) is 3.31. The van der Waals surface area contributed by atoms with Gasteiger partial charge in [-0.2, -0.15) is 0 Å². The Bertz CT molecular complexity index is 625. The molecule has 0 aromatic heterocycles. The molecular formula is C18H20FNO2. The summed E-state index contributed by atoms with van der Waals surface area (Å²) in [5.41, 5.74) is 1.93. The van der Waals surface area contributed by atoms with E-state index in [1.165, 1.54) is 12.1 Å². The van der Waals surface area contributed by atoms with E-state index in [9.17, 15) is 9.18 Å². The van der Waals surface area contributed by atoms with Crippen molar-refractivity contribution in [2.75, 3.05) is 0 Å². The van der Waals surface area contributed by atoms with Gasteiger partial charge in [0, 0.05) is 6.54 Å². The maximum absolute atomic E-state index is 12.8. The summed E-state index contributed by atoms with van der Waals surface area (Å²) in [5, 5.41) is 2.82. The van der Waals surface area contributed by atoms with Crippen molar-refractivity contribution in [1.82, 2.24) is 5.32 Å². The molecule has 2 aromatic rings. The molecule has 22 heavy (non-hydrogen) atoms. The van der Waals surface area contributed by atoms with E-state index in [1.807, 2.05) is 38.1 Å². The van der Waals surface area contributed by atoms with Gasteiger partial charge in [-0.15, -0.1) is 0 Å². The summed E-state index contributed by atoms with van der Waals surface area (Å²) < 4.78 is 18.6. The van der Waals surface area contributed by atoms with Gasteiger partial charge in [0.15, 0.2) is 6.10 Å². The molecule has 0 aliphatic heterocycles. The van der Waals surface area contributed by atoms with Crippen molar-refractivity contribution in [2.24, 2.45) is 0 Å². The quantitative estimate of drug-likeness (QED) is 0.885. The van der Waals surface area contributed by atoms with Crippen molar-refractivity contribution < 1.29 is 13.9 Å². The van der Waals surface area contributed by atoms with E-state index in [4.69, 9.17) is 4.74 Å². The van der Waals surface area contributed by atoms with Crippen LogP contribution in [0.25, 0.3) is 0 Å². The first-order chi connectivity index (χ1) is 10.6. The van der Waals surface area contributed by atoms with Crippen molar-refractivity contribution >= 4 is 5.91 Å². The Morgan fingerprint density at radius 1 is 1.23 bits per heavy atom. The molecule has 2 rings (SSSR count). The van der Waals surface area contributed by atoms with E-state index in [-0.39, 0.29) is 11.7 Å². The summed E-state index contributed by atoms with van der Waals surface area (Å²) in [5.74, 6) is 0.224. The van der Waals surface area contributed by atoms with Gasteiger partial charge in [0.25, 0.3) is 5.91 Å². The summed E-state index contributed by atoms with van der Waals surface area (Å²) in [4.78, 5) is 12.2. The van der Waals surface area contributed by atoms with Crippen LogP contribution in [-0.4, -0.2) is 12.0 Å². The van der Waals surface area contributed by atoms with E-state index in [2.05, 4.69) is 5.32 Å². The van der Waals surface area contributed by atoms with Gasteiger partial charge in [-0.25, -0.2) is 4.39 Å². The highest BCUT2D eigenvalue weighted by Crippen LogP contribution is 2.15. The first-order valence-electron chi connectivity index (χ1n) is 7.34. The first-order valence-corrected chi connectivity index (χ1v) is 7.34. The van der Waals surface area contributed by atoms with Gasteiger partial charge in [0.2, 0.25) is 0 Å². The van der Waals surface area contributed by atoms with E-state index >= 15 is 0 Å². The molecule has 0 aliphatic carbocycles. The molecule has 1 atom stereocenters. The third-order valence-electron chi connectivity index (χ3n) is 3.31. The number of aryl methyl sites for hydroxylation is 1. The molecule has 0 fully saturated rings. The topological polar surface area (TPSA) is 38.3 Å². The van der Waals surface area contributed by atoms with Gasteiger partial charge in [-0.3, -0.25) is 4.79 Å². The number of carbonyl (C=O) groups excluding carboxylic acids is 1. The highest BCUT2D eigenvalue weighted by Gasteiger charge is 2.18. The summed E-state index contributed by atoms with van der Waals surface area (Å²) in [6.07, 6.45) is 0.0330. The second kappa shape index (κ2) is 7.59. The lowest BCUT2D eigenvalue weighted by Crippen LogP contribution is -2.37. The van der Waals surface area contributed by atoms with Gasteiger partial charge in [-0.05, 0) is 48.7 Å². The monoisotopic (exact) mass is 301 g/mol. The Hall–Kier alpha value is -2.36. The minimum Gasteiger partial charge on any atom is -0.481 e. The molecule has 4 heteroatoms. The molecule has 0 radical (unpaired) electrons. The fourth-order valence-electron chi connectivity index (χ4n) is 2.08. The van der Waals surface area contributed by atoms with Crippen LogP contribution >= 0.6 is 0 Å². The Labute approximate surface area is 130 Å². The second-order valence-electron chi connectivity index (χ2n) is 5.18. The number of nitrogens with one attached hydrogen (secondary N) is 1. The zero-order valence-corrected chi connectivity index (χ0v) is 12.8. The molecular weight excluding hydrogens is 281 g/mol. The van der Waals surface area contributed by atoms with Crippen LogP contribution in [0, 0.1) is 12.7 Å². The lowest BCUT2D eigenvalue weighted by molar-refractivity contribution is -0.128. The number of rotatable bonds is 6. The largest absolute Gasteiger partial charge is 0.481 e. The van der Waals surface area contributed by atoms with Gasteiger partial charge < -0.3 is 10.1 Å². The van der Waals surface area contributed by atoms with E-state index in [1.54, 1.807) is 12.1 Å². The van der Waals surface area contributed by atoms with Crippen molar-refractivity contribution in [1.29, 1.82) is 0 Å². The van der Waals surface area contributed by atoms with E-state index in [0.717, 1.165) is 11.1 Å². The molecule has 3 nitrogen and oxygen atoms in total. The van der Waals surface area contributed by atoms with Gasteiger partial charge in [0.1, 0.15) is 11.6 Å². The molecule has 2 aromatic carbocycles. The van der Waals surface area contributed by atoms with Crippen LogP contribution in [0.5, 0.6) is 5.75 Å². The summed E-state index contributed by atoms with van der Waals surface area (Å²) in [6.45, 7) is 4.23. The molecule has 0 saturated carbocycles. The minimum atomic E-state index is -0.540. The SMILES string of the molecule is CC[C@@H](Oc1cccc(C)c1)C(=O)NCc1ccc(F)cc1. The minimum absolute atomic E-state index is 0.173. The van der Waals surface area contributed by atoms with Gasteiger partial charge in [-0.1, -0.05) is 31.2 Å². The predicted octanol–water partition coefficient (Wildman–Crippen LogP) is 3.61. The normalized spacial score (nSPS) is 11.8. The molecule has 0 bridgehead atoms. The standard InChI is InChI=1S/C18H20FNO2/c1-3-17(22-16-6-4-5-13(2)11-16)18(21)20-12-14-7-9-15(19)10-8-14/h4-11,17H,3,12H2,1-2H3,(H,20,21)/t17-/m1/s1. The zero-order valence-electron chi connectivity index (χ0n) is 12.8. The van der Waals surface area contributed by atoms with Crippen LogP contribution in [0.2, 0.25) is 0 Å². The Morgan fingerprint density at radius 2 is 1.95 bits per heavy atom. The van der Waals surface area contributed by atoms with Gasteiger partial charge in [0.05, 0.1) is 0 Å². The van der Waals surface area contributed by atoms with E-state index in [0.29, 0.717) is 18.7 Å². The van der Waals surface area contributed by atoms with Crippen LogP contribution < -0.4 is 10.1 Å². The number of halogens is 1. The Kier molecular flexibility index (Phi) is 5.53. The fourth-order valence-corrected chi connectivity index (χ4v) is 2.08. The number of hydrogen-bond donors (Lipinski definition) is 1. The molecule has 0 unspecified atom stereocenters. The van der Waals surface area contributed by atoms with Crippen LogP contribution in [-0.2, 0) is 11.3 Å². The Balaban J connectivity index is 1.92. The average Bonchev–Trinajstić information content (AvgIpc) is 2.52. The van der Waals surface area contributed by atoms with Crippen LogP contribution in [0.3, 0.4) is 0 Å². The number of hydrogen-bond acceptors (Lipinski definition) is 2. The van der Waals surface area contributed by atoms with Crippen LogP contribution in [0.1, 0.15) is 24.5 Å². The molecule has 0 heterocycles. The first kappa shape index (κ1) is 16.0. The molecule has 1 N–H and O–H groups in total. The van der Waals surface area contributed by atoms with Crippen LogP contribution in [0.4, 0.5) is 4.39 Å². The predicted molar refractivity (Wildman–Crippen MR) is 84.1 cm³/mol. The Morgan fingerprint density at radius 3 is 2.59 bits per heavy atom. The maximum Gasteiger partial charge on any atom is 0.261 e. The lowest BCUT2D eigenvalue weighted by atomic mass is 10.2. The van der Waals surface area contributed by atoms with Crippen molar-refractivity contribution in [3.05, 3.63) is 65.5 Å². The summed E-state index contributed by atoms with van der Waals surface area (Å²) in [7, 11) is 0. The molecule has 1 amide bonds. The highest BCUT2D eigenvalue weighted by atomic mass is 19.1. The van der Waals surface area contributed by atoms with Crippen molar-refractivity contribution in [2.45, 2.75) is 32.9 Å². The maximum atomic E-state index is 12.8. The molecule has 116 valence electrons. The smallest absolute Gasteiger partial charge is 0.261 e. The molecule has 0 spiro atoms. The van der Waals surface area contributed by atoms with Crippen molar-refractivity contribution in [3.8, 4) is 5.75 Å². The number of carbonyl (C=O) groups is 1. The highest BCUT2D eigenvalue weighted by molar-refractivity contribution is 5.81. The molecule has 0 saturated heterocycles. The average molecular weight is 301 g/mol. The van der Waals surface area contributed by atoms with Crippen molar-refractivity contribution in [3.63, 3.8) is 0 Å². The fraction of sp³-hybridized carbons (Fsp3) is 0.278. The number of amides is 1. The third kappa shape index (κ3) is 4.58. The van der Waals surface area contributed by atoms with Gasteiger partial charge >= 0.3 is 0 Å². The van der Waals surface area contributed by atoms with E-state index < -0.39 is 6.10 Å². The summed E-state index contributed by atoms with van der Waals surface area (Å²) >= 11 is 0. The van der Waals surface area contributed by atoms with Crippen LogP contribution in [0.15, 0.2) is 48.5 Å². The second-order valence-corrected chi connectivity index (χ2v) is 5.18.